The Morgan fingerprint density at radius 2 is 2.40 bits per heavy atom. The van der Waals surface area contributed by atoms with Gasteiger partial charge in [-0.25, -0.2) is 4.79 Å². The van der Waals surface area contributed by atoms with Crippen molar-refractivity contribution in [2.24, 2.45) is 0 Å². The van der Waals surface area contributed by atoms with E-state index in [0.29, 0.717) is 0 Å². The molecule has 0 N–H and O–H groups in total. The molecule has 0 bridgehead atoms. The number of carbonyl (C=O) groups excluding carboxylic acids is 1. The fraction of sp³-hybridized carbons (Fsp3) is 0.583. The number of rotatable bonds is 3. The van der Waals surface area contributed by atoms with Gasteiger partial charge in [0.15, 0.2) is 6.10 Å². The van der Waals surface area contributed by atoms with E-state index in [1.165, 1.54) is 12.7 Å². The molecule has 0 fully saturated rings. The van der Waals surface area contributed by atoms with Gasteiger partial charge >= 0.3 is 5.97 Å². The van der Waals surface area contributed by atoms with Gasteiger partial charge in [-0.05, 0) is 31.4 Å². The van der Waals surface area contributed by atoms with E-state index in [1.54, 1.807) is 6.08 Å². The molecular formula is C12H18O3. The lowest BCUT2D eigenvalue weighted by Crippen LogP contribution is -2.32. The molecule has 15 heavy (non-hydrogen) atoms. The Hall–Kier alpha value is -1.09. The zero-order valence-electron chi connectivity index (χ0n) is 9.53. The van der Waals surface area contributed by atoms with Crippen molar-refractivity contribution in [3.05, 3.63) is 23.8 Å². The van der Waals surface area contributed by atoms with Gasteiger partial charge in [0.25, 0.3) is 0 Å². The maximum atomic E-state index is 11.3. The molecule has 0 aromatic carbocycles. The van der Waals surface area contributed by atoms with Crippen molar-refractivity contribution in [2.45, 2.75) is 38.9 Å². The average molecular weight is 210 g/mol. The van der Waals surface area contributed by atoms with E-state index >= 15 is 0 Å². The average Bonchev–Trinajstić information content (AvgIpc) is 2.28. The van der Waals surface area contributed by atoms with Crippen LogP contribution in [0.2, 0.25) is 0 Å². The summed E-state index contributed by atoms with van der Waals surface area (Å²) in [5.74, 6) is -0.333. The summed E-state index contributed by atoms with van der Waals surface area (Å²) in [4.78, 5) is 11.3. The fourth-order valence-corrected chi connectivity index (χ4v) is 1.60. The van der Waals surface area contributed by atoms with Gasteiger partial charge in [-0.1, -0.05) is 19.1 Å². The summed E-state index contributed by atoms with van der Waals surface area (Å²) in [6, 6.07) is 0. The van der Waals surface area contributed by atoms with Crippen LogP contribution >= 0.6 is 0 Å². The molecule has 0 aliphatic carbocycles. The van der Waals surface area contributed by atoms with E-state index in [4.69, 9.17) is 4.74 Å². The van der Waals surface area contributed by atoms with Gasteiger partial charge in [0, 0.05) is 0 Å². The molecule has 0 aromatic rings. The van der Waals surface area contributed by atoms with Gasteiger partial charge in [-0.15, -0.1) is 0 Å². The second kappa shape index (κ2) is 5.71. The van der Waals surface area contributed by atoms with Crippen LogP contribution in [0.15, 0.2) is 23.8 Å². The summed E-state index contributed by atoms with van der Waals surface area (Å²) in [5, 5.41) is 0. The molecule has 3 heteroatoms. The lowest BCUT2D eigenvalue weighted by molar-refractivity contribution is -0.153. The second-order valence-corrected chi connectivity index (χ2v) is 3.59. The molecule has 84 valence electrons. The van der Waals surface area contributed by atoms with Crippen LogP contribution in [0.5, 0.6) is 0 Å². The molecule has 1 aliphatic rings. The zero-order chi connectivity index (χ0) is 11.3. The first-order valence-corrected chi connectivity index (χ1v) is 5.25. The highest BCUT2D eigenvalue weighted by molar-refractivity contribution is 5.77. The third-order valence-corrected chi connectivity index (χ3v) is 2.44. The molecule has 1 rings (SSSR count). The van der Waals surface area contributed by atoms with Gasteiger partial charge < -0.3 is 9.47 Å². The highest BCUT2D eigenvalue weighted by Gasteiger charge is 2.25. The maximum Gasteiger partial charge on any atom is 0.339 e. The first-order valence-electron chi connectivity index (χ1n) is 5.25. The molecule has 0 saturated heterocycles. The van der Waals surface area contributed by atoms with Gasteiger partial charge in [0.1, 0.15) is 0 Å². The normalized spacial score (nSPS) is 26.5. The van der Waals surface area contributed by atoms with Gasteiger partial charge in [-0.3, -0.25) is 0 Å². The molecule has 3 nitrogen and oxygen atoms in total. The molecule has 0 radical (unpaired) electrons. The third-order valence-electron chi connectivity index (χ3n) is 2.44. The summed E-state index contributed by atoms with van der Waals surface area (Å²) < 4.78 is 10.3. The predicted molar refractivity (Wildman–Crippen MR) is 58.5 cm³/mol. The second-order valence-electron chi connectivity index (χ2n) is 3.59. The maximum absolute atomic E-state index is 11.3. The molecule has 1 heterocycles. The van der Waals surface area contributed by atoms with Crippen LogP contribution in [0.25, 0.3) is 0 Å². The van der Waals surface area contributed by atoms with Crippen LogP contribution in [0, 0.1) is 0 Å². The third kappa shape index (κ3) is 3.20. The lowest BCUT2D eigenvalue weighted by atomic mass is 10.0. The Bertz CT molecular complexity index is 279. The van der Waals surface area contributed by atoms with Crippen molar-refractivity contribution in [3.63, 3.8) is 0 Å². The summed E-state index contributed by atoms with van der Waals surface area (Å²) in [5.41, 5.74) is 1.18. The highest BCUT2D eigenvalue weighted by atomic mass is 16.6. The smallest absolute Gasteiger partial charge is 0.339 e. The highest BCUT2D eigenvalue weighted by Crippen LogP contribution is 2.19. The summed E-state index contributed by atoms with van der Waals surface area (Å²) in [6.07, 6.45) is 7.13. The minimum absolute atomic E-state index is 0.0130. The van der Waals surface area contributed by atoms with Crippen molar-refractivity contribution < 1.29 is 14.3 Å². The van der Waals surface area contributed by atoms with E-state index in [0.717, 1.165) is 12.8 Å². The quantitative estimate of drug-likeness (QED) is 0.529. The van der Waals surface area contributed by atoms with Gasteiger partial charge in [-0.2, -0.15) is 0 Å². The van der Waals surface area contributed by atoms with E-state index in [1.807, 2.05) is 13.0 Å². The number of carbonyl (C=O) groups is 1. The summed E-state index contributed by atoms with van der Waals surface area (Å²) >= 11 is 0. The van der Waals surface area contributed by atoms with Crippen molar-refractivity contribution in [2.75, 3.05) is 7.11 Å². The minimum Gasteiger partial charge on any atom is -0.467 e. The van der Waals surface area contributed by atoms with Crippen LogP contribution in [-0.4, -0.2) is 25.3 Å². The Morgan fingerprint density at radius 3 is 3.00 bits per heavy atom. The number of methoxy groups -OCH3 is 1. The number of hydrogen-bond acceptors (Lipinski definition) is 3. The lowest BCUT2D eigenvalue weighted by Gasteiger charge is -2.25. The predicted octanol–water partition coefficient (Wildman–Crippen LogP) is 2.23. The minimum atomic E-state index is -0.547. The Kier molecular flexibility index (Phi) is 4.56. The molecule has 0 unspecified atom stereocenters. The number of esters is 1. The SMILES string of the molecule is CC/C=C(\C)[C@@H]1CC=C[C@H](C(=O)OC)O1. The molecule has 0 amide bonds. The monoisotopic (exact) mass is 210 g/mol. The summed E-state index contributed by atoms with van der Waals surface area (Å²) in [6.45, 7) is 4.11. The van der Waals surface area contributed by atoms with Crippen molar-refractivity contribution in [3.8, 4) is 0 Å². The van der Waals surface area contributed by atoms with Crippen LogP contribution in [0.3, 0.4) is 0 Å². The first-order chi connectivity index (χ1) is 7.19. The van der Waals surface area contributed by atoms with E-state index in [-0.39, 0.29) is 12.1 Å². The number of hydrogen-bond donors (Lipinski definition) is 0. The largest absolute Gasteiger partial charge is 0.467 e. The molecule has 0 aromatic heterocycles. The molecule has 0 saturated carbocycles. The van der Waals surface area contributed by atoms with Crippen molar-refractivity contribution in [1.29, 1.82) is 0 Å². The van der Waals surface area contributed by atoms with E-state index in [9.17, 15) is 4.79 Å². The van der Waals surface area contributed by atoms with Gasteiger partial charge in [0.2, 0.25) is 0 Å². The molecule has 0 spiro atoms. The molecular weight excluding hydrogens is 192 g/mol. The van der Waals surface area contributed by atoms with Crippen molar-refractivity contribution >= 4 is 5.97 Å². The molecule has 2 atom stereocenters. The van der Waals surface area contributed by atoms with E-state index < -0.39 is 6.10 Å². The first kappa shape index (κ1) is 12.0. The van der Waals surface area contributed by atoms with Gasteiger partial charge in [0.05, 0.1) is 13.2 Å². The van der Waals surface area contributed by atoms with Crippen LogP contribution in [0.1, 0.15) is 26.7 Å². The van der Waals surface area contributed by atoms with Crippen molar-refractivity contribution in [1.82, 2.24) is 0 Å². The number of allylic oxidation sites excluding steroid dienone is 1. The summed E-state index contributed by atoms with van der Waals surface area (Å²) in [7, 11) is 1.37. The zero-order valence-corrected chi connectivity index (χ0v) is 9.53. The topological polar surface area (TPSA) is 35.5 Å². The standard InChI is InChI=1S/C12H18O3/c1-4-6-9(2)10-7-5-8-11(15-10)12(13)14-3/h5-6,8,10-11H,4,7H2,1-3H3/b9-6+/t10-,11+/m0/s1. The van der Waals surface area contributed by atoms with Crippen LogP contribution < -0.4 is 0 Å². The van der Waals surface area contributed by atoms with E-state index in [2.05, 4.69) is 17.7 Å². The fourth-order valence-electron chi connectivity index (χ4n) is 1.60. The Labute approximate surface area is 90.8 Å². The Balaban J connectivity index is 2.63. The number of ether oxygens (including phenoxy) is 2. The van der Waals surface area contributed by atoms with Crippen LogP contribution in [-0.2, 0) is 14.3 Å². The molecule has 1 aliphatic heterocycles. The Morgan fingerprint density at radius 1 is 1.67 bits per heavy atom. The van der Waals surface area contributed by atoms with Crippen LogP contribution in [0.4, 0.5) is 0 Å².